The molecule has 0 atom stereocenters. The number of hydrogen-bond donors (Lipinski definition) is 1. The number of aryl methyl sites for hydroxylation is 2. The average molecular weight is 501 g/mol. The summed E-state index contributed by atoms with van der Waals surface area (Å²) in [5.74, 6) is -0.221. The second-order valence-corrected chi connectivity index (χ2v) is 8.90. The fourth-order valence-corrected chi connectivity index (χ4v) is 4.32. The van der Waals surface area contributed by atoms with Crippen LogP contribution in [0.1, 0.15) is 23.6 Å². The van der Waals surface area contributed by atoms with Crippen LogP contribution in [0.4, 0.5) is 10.5 Å². The molecule has 178 valence electrons. The maximum Gasteiger partial charge on any atom is 0.294 e. The summed E-state index contributed by atoms with van der Waals surface area (Å²) in [6.45, 7) is 9.48. The van der Waals surface area contributed by atoms with Crippen LogP contribution in [-0.2, 0) is 9.59 Å². The SMILES string of the molecule is C=CCOc1c(Cl)cc(/C=C2/SC(=O)N(CC(=O)Nc3cc(C)ccc3C)C2=O)cc1OCC. The molecule has 0 bridgehead atoms. The van der Waals surface area contributed by atoms with Crippen LogP contribution in [0.15, 0.2) is 47.9 Å². The van der Waals surface area contributed by atoms with Crippen molar-refractivity contribution in [2.75, 3.05) is 25.1 Å². The van der Waals surface area contributed by atoms with E-state index >= 15 is 0 Å². The lowest BCUT2D eigenvalue weighted by Gasteiger charge is -2.14. The monoisotopic (exact) mass is 500 g/mol. The smallest absolute Gasteiger partial charge is 0.294 e. The molecule has 0 saturated carbocycles. The highest BCUT2D eigenvalue weighted by Gasteiger charge is 2.36. The van der Waals surface area contributed by atoms with Crippen LogP contribution in [0.3, 0.4) is 0 Å². The molecule has 2 aromatic rings. The molecule has 0 aliphatic carbocycles. The van der Waals surface area contributed by atoms with Gasteiger partial charge in [-0.15, -0.1) is 0 Å². The molecule has 0 unspecified atom stereocenters. The molecule has 1 heterocycles. The zero-order valence-electron chi connectivity index (χ0n) is 19.1. The largest absolute Gasteiger partial charge is 0.490 e. The third-order valence-corrected chi connectivity index (χ3v) is 6.01. The van der Waals surface area contributed by atoms with E-state index in [1.54, 1.807) is 24.3 Å². The fourth-order valence-electron chi connectivity index (χ4n) is 3.21. The Labute approximate surface area is 207 Å². The molecule has 0 radical (unpaired) electrons. The van der Waals surface area contributed by atoms with Crippen molar-refractivity contribution in [3.05, 3.63) is 69.6 Å². The van der Waals surface area contributed by atoms with E-state index in [1.807, 2.05) is 39.0 Å². The first-order chi connectivity index (χ1) is 16.2. The van der Waals surface area contributed by atoms with Gasteiger partial charge in [-0.25, -0.2) is 0 Å². The van der Waals surface area contributed by atoms with E-state index in [-0.39, 0.29) is 18.1 Å². The first-order valence-corrected chi connectivity index (χ1v) is 11.8. The molecule has 1 N–H and O–H groups in total. The highest BCUT2D eigenvalue weighted by molar-refractivity contribution is 8.18. The zero-order chi connectivity index (χ0) is 24.8. The van der Waals surface area contributed by atoms with E-state index in [0.717, 1.165) is 27.8 Å². The van der Waals surface area contributed by atoms with Crippen molar-refractivity contribution < 1.29 is 23.9 Å². The molecule has 1 fully saturated rings. The number of hydrogen-bond acceptors (Lipinski definition) is 6. The standard InChI is InChI=1S/C25H25ClN2O5S/c1-5-9-33-23-18(26)11-17(12-20(23)32-6-2)13-21-24(30)28(25(31)34-21)14-22(29)27-19-10-15(3)7-8-16(19)4/h5,7-8,10-13H,1,6,9,14H2,2-4H3,(H,27,29)/b21-13+. The van der Waals surface area contributed by atoms with E-state index < -0.39 is 17.1 Å². The number of nitrogens with zero attached hydrogens (tertiary/aromatic N) is 1. The minimum absolute atomic E-state index is 0.183. The molecule has 9 heteroatoms. The van der Waals surface area contributed by atoms with Gasteiger partial charge in [-0.1, -0.05) is 36.4 Å². The van der Waals surface area contributed by atoms with Crippen molar-refractivity contribution in [1.29, 1.82) is 0 Å². The highest BCUT2D eigenvalue weighted by atomic mass is 35.5. The molecule has 0 spiro atoms. The molecule has 1 aliphatic heterocycles. The van der Waals surface area contributed by atoms with Crippen LogP contribution < -0.4 is 14.8 Å². The van der Waals surface area contributed by atoms with Gasteiger partial charge < -0.3 is 14.8 Å². The van der Waals surface area contributed by atoms with Crippen molar-refractivity contribution in [3.63, 3.8) is 0 Å². The third kappa shape index (κ3) is 6.01. The summed E-state index contributed by atoms with van der Waals surface area (Å²) in [6.07, 6.45) is 3.13. The highest BCUT2D eigenvalue weighted by Crippen LogP contribution is 2.39. The zero-order valence-corrected chi connectivity index (χ0v) is 20.7. The summed E-state index contributed by atoms with van der Waals surface area (Å²) in [5, 5.41) is 2.55. The minimum atomic E-state index is -0.549. The number of imide groups is 1. The van der Waals surface area contributed by atoms with Crippen LogP contribution in [-0.4, -0.2) is 41.7 Å². The molecule has 1 saturated heterocycles. The van der Waals surface area contributed by atoms with Crippen molar-refractivity contribution in [2.45, 2.75) is 20.8 Å². The number of amides is 3. The first kappa shape index (κ1) is 25.4. The number of thioether (sulfide) groups is 1. The third-order valence-electron chi connectivity index (χ3n) is 4.82. The lowest BCUT2D eigenvalue weighted by Crippen LogP contribution is -2.36. The van der Waals surface area contributed by atoms with Crippen molar-refractivity contribution in [2.24, 2.45) is 0 Å². The van der Waals surface area contributed by atoms with Crippen LogP contribution >= 0.6 is 23.4 Å². The molecule has 34 heavy (non-hydrogen) atoms. The first-order valence-electron chi connectivity index (χ1n) is 10.6. The molecule has 3 rings (SSSR count). The number of nitrogens with one attached hydrogen (secondary N) is 1. The van der Waals surface area contributed by atoms with Crippen molar-refractivity contribution in [3.8, 4) is 11.5 Å². The van der Waals surface area contributed by atoms with Gasteiger partial charge in [0.15, 0.2) is 11.5 Å². The average Bonchev–Trinajstić information content (AvgIpc) is 3.03. The Morgan fingerprint density at radius 3 is 2.68 bits per heavy atom. The summed E-state index contributed by atoms with van der Waals surface area (Å²) in [4.78, 5) is 39.0. The molecular formula is C25H25ClN2O5S. The van der Waals surface area contributed by atoms with Crippen LogP contribution in [0, 0.1) is 13.8 Å². The molecule has 1 aliphatic rings. The Bertz CT molecular complexity index is 1180. The Morgan fingerprint density at radius 2 is 1.97 bits per heavy atom. The molecular weight excluding hydrogens is 476 g/mol. The number of carbonyl (C=O) groups is 3. The van der Waals surface area contributed by atoms with Gasteiger partial charge in [-0.2, -0.15) is 0 Å². The molecule has 7 nitrogen and oxygen atoms in total. The number of rotatable bonds is 9. The Kier molecular flexibility index (Phi) is 8.41. The second kappa shape index (κ2) is 11.3. The molecule has 0 aromatic heterocycles. The fraction of sp³-hybridized carbons (Fsp3) is 0.240. The van der Waals surface area contributed by atoms with E-state index in [1.165, 1.54) is 0 Å². The van der Waals surface area contributed by atoms with Gasteiger partial charge in [0.05, 0.1) is 16.5 Å². The number of benzene rings is 2. The summed E-state index contributed by atoms with van der Waals surface area (Å²) >= 11 is 7.13. The number of anilines is 1. The Hall–Kier alpha value is -3.23. The predicted octanol–water partition coefficient (Wildman–Crippen LogP) is 5.60. The normalized spacial score (nSPS) is 14.5. The quantitative estimate of drug-likeness (QED) is 0.356. The minimum Gasteiger partial charge on any atom is -0.490 e. The van der Waals surface area contributed by atoms with Crippen molar-refractivity contribution in [1.82, 2.24) is 4.90 Å². The van der Waals surface area contributed by atoms with E-state index in [9.17, 15) is 14.4 Å². The van der Waals surface area contributed by atoms with E-state index in [4.69, 9.17) is 21.1 Å². The summed E-state index contributed by atoms with van der Waals surface area (Å²) in [5.41, 5.74) is 3.07. The molecule has 2 aromatic carbocycles. The van der Waals surface area contributed by atoms with Crippen LogP contribution in [0.25, 0.3) is 6.08 Å². The van der Waals surface area contributed by atoms with Crippen molar-refractivity contribution >= 4 is 52.2 Å². The van der Waals surface area contributed by atoms with Gasteiger partial charge >= 0.3 is 0 Å². The lowest BCUT2D eigenvalue weighted by molar-refractivity contribution is -0.127. The Morgan fingerprint density at radius 1 is 1.21 bits per heavy atom. The van der Waals surface area contributed by atoms with Gasteiger partial charge in [-0.05, 0) is 73.5 Å². The number of carbonyl (C=O) groups excluding carboxylic acids is 3. The van der Waals surface area contributed by atoms with E-state index in [0.29, 0.717) is 34.4 Å². The van der Waals surface area contributed by atoms with Gasteiger partial charge in [0.2, 0.25) is 5.91 Å². The molecule has 3 amide bonds. The summed E-state index contributed by atoms with van der Waals surface area (Å²) in [7, 11) is 0. The van der Waals surface area contributed by atoms with Gasteiger partial charge in [0.1, 0.15) is 13.2 Å². The lowest BCUT2D eigenvalue weighted by atomic mass is 10.1. The van der Waals surface area contributed by atoms with Crippen LogP contribution in [0.2, 0.25) is 5.02 Å². The predicted molar refractivity (Wildman–Crippen MR) is 136 cm³/mol. The van der Waals surface area contributed by atoms with Gasteiger partial charge in [0, 0.05) is 5.69 Å². The van der Waals surface area contributed by atoms with E-state index in [2.05, 4.69) is 11.9 Å². The summed E-state index contributed by atoms with van der Waals surface area (Å²) in [6, 6.07) is 8.96. The maximum atomic E-state index is 12.9. The number of halogens is 1. The van der Waals surface area contributed by atoms with Gasteiger partial charge in [-0.3, -0.25) is 19.3 Å². The van der Waals surface area contributed by atoms with Gasteiger partial charge in [0.25, 0.3) is 11.1 Å². The van der Waals surface area contributed by atoms with Crippen LogP contribution in [0.5, 0.6) is 11.5 Å². The topological polar surface area (TPSA) is 84.9 Å². The Balaban J connectivity index is 1.78. The summed E-state index contributed by atoms with van der Waals surface area (Å²) < 4.78 is 11.2. The maximum absolute atomic E-state index is 12.9. The second-order valence-electron chi connectivity index (χ2n) is 7.50. The number of ether oxygens (including phenoxy) is 2.